The monoisotopic (exact) mass is 845 g/mol. The quantitative estimate of drug-likeness (QED) is 0.0532. The van der Waals surface area contributed by atoms with E-state index >= 15 is 0 Å². The Kier molecular flexibility index (Phi) is 18.7. The van der Waals surface area contributed by atoms with Crippen LogP contribution in [0.15, 0.2) is 107 Å². The molecule has 2 N–H and O–H groups in total. The van der Waals surface area contributed by atoms with Crippen LogP contribution in [0.4, 0.5) is 11.4 Å². The van der Waals surface area contributed by atoms with Crippen LogP contribution in [0.5, 0.6) is 41.0 Å². The van der Waals surface area contributed by atoms with Gasteiger partial charge in [-0.15, -0.1) is 15.0 Å². The van der Waals surface area contributed by atoms with Crippen LogP contribution >= 0.6 is 0 Å². The lowest BCUT2D eigenvalue weighted by atomic mass is 10.1. The summed E-state index contributed by atoms with van der Waals surface area (Å²) >= 11 is 0. The van der Waals surface area contributed by atoms with Crippen LogP contribution in [-0.4, -0.2) is 47.1 Å². The van der Waals surface area contributed by atoms with Crippen molar-refractivity contribution in [2.24, 2.45) is 0 Å². The molecule has 5 rings (SSSR count). The summed E-state index contributed by atoms with van der Waals surface area (Å²) in [7, 11) is 1.37. The highest BCUT2D eigenvalue weighted by molar-refractivity contribution is 6.04. The van der Waals surface area contributed by atoms with Gasteiger partial charge in [0.2, 0.25) is 10.9 Å². The molecule has 326 valence electrons. The fraction of sp³-hybridized carbons (Fsp3) is 0.354. The summed E-state index contributed by atoms with van der Waals surface area (Å²) in [6.45, 7) is 5.49. The van der Waals surface area contributed by atoms with Crippen molar-refractivity contribution in [2.45, 2.75) is 90.9 Å². The molecule has 0 saturated heterocycles. The smallest absolute Gasteiger partial charge is 0.331 e. The highest BCUT2D eigenvalue weighted by Crippen LogP contribution is 2.26. The Balaban J connectivity index is 1.13. The molecule has 14 heteroatoms. The SMILES string of the molecule is CCCCCCCCOc1ccc(NC(=O)c2ccc(Oc3nc(OC)nc(Oc4ccc(C(=O)Nc5ccc(OCCCCCCCC)ccc5=O)cc4)n3)cc2)c(=O)cc1. The number of nitrogens with one attached hydrogen (secondary N) is 2. The molecule has 0 radical (unpaired) electrons. The Bertz CT molecular complexity index is 2170. The molecule has 0 saturated carbocycles. The lowest BCUT2D eigenvalue weighted by molar-refractivity contribution is 0.101. The van der Waals surface area contributed by atoms with Crippen LogP contribution in [0.1, 0.15) is 112 Å². The fourth-order valence-electron chi connectivity index (χ4n) is 6.10. The van der Waals surface area contributed by atoms with Gasteiger partial charge in [0.15, 0.2) is 0 Å². The topological polar surface area (TPSA) is 177 Å². The minimum Gasteiger partial charge on any atom is -0.494 e. The van der Waals surface area contributed by atoms with E-state index < -0.39 is 11.8 Å². The van der Waals surface area contributed by atoms with E-state index in [4.69, 9.17) is 23.7 Å². The number of anilines is 2. The van der Waals surface area contributed by atoms with Crippen LogP contribution in [0.25, 0.3) is 0 Å². The number of benzene rings is 2. The number of amides is 2. The zero-order valence-electron chi connectivity index (χ0n) is 35.7. The number of rotatable bonds is 25. The van der Waals surface area contributed by atoms with Gasteiger partial charge in [-0.1, -0.05) is 78.1 Å². The Labute approximate surface area is 362 Å². The Hall–Kier alpha value is -6.83. The minimum atomic E-state index is -0.488. The number of hydrogen-bond donors (Lipinski definition) is 2. The lowest BCUT2D eigenvalue weighted by Crippen LogP contribution is -2.16. The Morgan fingerprint density at radius 1 is 0.452 bits per heavy atom. The van der Waals surface area contributed by atoms with E-state index in [-0.39, 0.29) is 51.4 Å². The number of ether oxygens (including phenoxy) is 5. The van der Waals surface area contributed by atoms with E-state index in [2.05, 4.69) is 39.4 Å². The first-order valence-corrected chi connectivity index (χ1v) is 21.3. The summed E-state index contributed by atoms with van der Waals surface area (Å²) in [4.78, 5) is 64.0. The zero-order chi connectivity index (χ0) is 43.9. The first kappa shape index (κ1) is 46.2. The van der Waals surface area contributed by atoms with Gasteiger partial charge < -0.3 is 34.3 Å². The summed E-state index contributed by atoms with van der Waals surface area (Å²) in [5, 5.41) is 5.34. The van der Waals surface area contributed by atoms with Crippen molar-refractivity contribution in [1.29, 1.82) is 0 Å². The van der Waals surface area contributed by atoms with Gasteiger partial charge in [0, 0.05) is 11.1 Å². The van der Waals surface area contributed by atoms with Gasteiger partial charge in [-0.25, -0.2) is 0 Å². The first-order chi connectivity index (χ1) is 30.2. The standard InChI is InChI=1S/C48H55N5O9/c1-4-6-8-10-12-14-32-59-36-24-28-40(42(54)30-26-36)49-44(56)34-16-20-38(21-17-34)61-47-51-46(58-3)52-48(53-47)62-39-22-18-35(19-23-39)45(57)50-41-29-25-37(27-31-43(41)55)60-33-15-13-11-9-7-5-2/h16-31H,4-15,32-33H2,1-3H3,(H,49,54,56)(H,50,55,57). The van der Waals surface area contributed by atoms with Crippen molar-refractivity contribution in [3.63, 3.8) is 0 Å². The van der Waals surface area contributed by atoms with E-state index in [1.54, 1.807) is 48.5 Å². The lowest BCUT2D eigenvalue weighted by Gasteiger charge is -2.09. The molecule has 1 heterocycles. The van der Waals surface area contributed by atoms with Gasteiger partial charge in [0.05, 0.1) is 31.7 Å². The maximum absolute atomic E-state index is 13.1. The van der Waals surface area contributed by atoms with E-state index in [1.165, 1.54) is 107 Å². The Morgan fingerprint density at radius 2 is 0.806 bits per heavy atom. The first-order valence-electron chi connectivity index (χ1n) is 21.3. The molecule has 0 fully saturated rings. The van der Waals surface area contributed by atoms with Gasteiger partial charge in [-0.05, 0) is 110 Å². The predicted octanol–water partition coefficient (Wildman–Crippen LogP) is 10.2. The second-order valence-corrected chi connectivity index (χ2v) is 14.5. The van der Waals surface area contributed by atoms with E-state index in [0.29, 0.717) is 36.2 Å². The van der Waals surface area contributed by atoms with Crippen molar-refractivity contribution in [3.05, 3.63) is 129 Å². The third kappa shape index (κ3) is 15.3. The third-order valence-corrected chi connectivity index (χ3v) is 9.59. The van der Waals surface area contributed by atoms with E-state index in [0.717, 1.165) is 25.7 Å². The molecule has 0 bridgehead atoms. The summed E-state index contributed by atoms with van der Waals surface area (Å²) < 4.78 is 28.5. The molecule has 0 aliphatic heterocycles. The second-order valence-electron chi connectivity index (χ2n) is 14.5. The van der Waals surface area contributed by atoms with E-state index in [9.17, 15) is 19.2 Å². The summed E-state index contributed by atoms with van der Waals surface area (Å²) in [5.41, 5.74) is 0.0780. The van der Waals surface area contributed by atoms with Crippen LogP contribution in [0.3, 0.4) is 0 Å². The molecular weight excluding hydrogens is 791 g/mol. The molecule has 0 atom stereocenters. The minimum absolute atomic E-state index is 0.0854. The Morgan fingerprint density at radius 3 is 1.21 bits per heavy atom. The largest absolute Gasteiger partial charge is 0.494 e. The van der Waals surface area contributed by atoms with Crippen LogP contribution in [0.2, 0.25) is 0 Å². The van der Waals surface area contributed by atoms with E-state index in [1.807, 2.05) is 0 Å². The number of nitrogens with zero attached hydrogens (tertiary/aromatic N) is 3. The molecule has 14 nitrogen and oxygen atoms in total. The highest BCUT2D eigenvalue weighted by atomic mass is 16.5. The third-order valence-electron chi connectivity index (χ3n) is 9.59. The maximum atomic E-state index is 13.1. The zero-order valence-corrected chi connectivity index (χ0v) is 35.7. The normalized spacial score (nSPS) is 10.7. The molecule has 2 amide bonds. The van der Waals surface area contributed by atoms with Crippen molar-refractivity contribution in [3.8, 4) is 41.0 Å². The number of unbranched alkanes of at least 4 members (excludes halogenated alkanes) is 10. The molecule has 4 aromatic carbocycles. The summed E-state index contributed by atoms with van der Waals surface area (Å²) in [6.07, 6.45) is 13.7. The average Bonchev–Trinajstić information content (AvgIpc) is 3.56. The molecular formula is C48H55N5O9. The van der Waals surface area contributed by atoms with Crippen LogP contribution in [0, 0.1) is 0 Å². The number of aromatic nitrogens is 3. The molecule has 1 aromatic heterocycles. The second kappa shape index (κ2) is 25.1. The maximum Gasteiger partial charge on any atom is 0.331 e. The molecule has 62 heavy (non-hydrogen) atoms. The molecule has 0 aliphatic carbocycles. The average molecular weight is 846 g/mol. The van der Waals surface area contributed by atoms with Gasteiger partial charge >= 0.3 is 18.0 Å². The number of carbonyl (C=O) groups is 2. The predicted molar refractivity (Wildman–Crippen MR) is 238 cm³/mol. The van der Waals surface area contributed by atoms with Crippen molar-refractivity contribution in [1.82, 2.24) is 15.0 Å². The number of methoxy groups -OCH3 is 1. The fourth-order valence-corrected chi connectivity index (χ4v) is 6.10. The van der Waals surface area contributed by atoms with Gasteiger partial charge in [-0.2, -0.15) is 0 Å². The molecule has 0 spiro atoms. The van der Waals surface area contributed by atoms with Crippen molar-refractivity contribution in [2.75, 3.05) is 31.0 Å². The van der Waals surface area contributed by atoms with Crippen molar-refractivity contribution < 1.29 is 33.3 Å². The van der Waals surface area contributed by atoms with Crippen molar-refractivity contribution >= 4 is 23.2 Å². The number of hydrogen-bond acceptors (Lipinski definition) is 12. The number of carbonyl (C=O) groups excluding carboxylic acids is 2. The van der Waals surface area contributed by atoms with Crippen LogP contribution < -0.4 is 45.2 Å². The van der Waals surface area contributed by atoms with Gasteiger partial charge in [0.25, 0.3) is 11.8 Å². The summed E-state index contributed by atoms with van der Waals surface area (Å²) in [5.74, 6) is 0.719. The molecule has 5 aromatic rings. The highest BCUT2D eigenvalue weighted by Gasteiger charge is 2.14. The summed E-state index contributed by atoms with van der Waals surface area (Å²) in [6, 6.07) is 24.3. The molecule has 0 aliphatic rings. The van der Waals surface area contributed by atoms with Crippen LogP contribution in [-0.2, 0) is 0 Å². The van der Waals surface area contributed by atoms with Gasteiger partial charge in [-0.3, -0.25) is 19.2 Å². The van der Waals surface area contributed by atoms with Gasteiger partial charge in [0.1, 0.15) is 23.0 Å². The molecule has 0 unspecified atom stereocenters.